The SMILES string of the molecule is CCN(Cc1cn(CC)nc1C)C(=O)c1cnn(CC(=O)O)c1. The number of hydrogen-bond acceptors (Lipinski definition) is 4. The van der Waals surface area contributed by atoms with Crippen LogP contribution in [0.5, 0.6) is 0 Å². The van der Waals surface area contributed by atoms with E-state index < -0.39 is 5.97 Å². The van der Waals surface area contributed by atoms with Crippen LogP contribution in [0.25, 0.3) is 0 Å². The van der Waals surface area contributed by atoms with Crippen molar-refractivity contribution in [1.29, 1.82) is 0 Å². The third-order valence-corrected chi connectivity index (χ3v) is 3.58. The van der Waals surface area contributed by atoms with Crippen LogP contribution in [0.15, 0.2) is 18.6 Å². The van der Waals surface area contributed by atoms with Gasteiger partial charge in [-0.15, -0.1) is 0 Å². The molecule has 0 bridgehead atoms. The first-order valence-electron chi connectivity index (χ1n) is 7.51. The highest BCUT2D eigenvalue weighted by Gasteiger charge is 2.18. The van der Waals surface area contributed by atoms with E-state index in [0.29, 0.717) is 18.7 Å². The Bertz CT molecular complexity index is 704. The second-order valence-corrected chi connectivity index (χ2v) is 5.24. The van der Waals surface area contributed by atoms with Crippen molar-refractivity contribution in [2.75, 3.05) is 6.54 Å². The summed E-state index contributed by atoms with van der Waals surface area (Å²) in [6, 6.07) is 0. The predicted molar refractivity (Wildman–Crippen MR) is 82.9 cm³/mol. The van der Waals surface area contributed by atoms with E-state index in [1.165, 1.54) is 17.1 Å². The Labute approximate surface area is 134 Å². The molecule has 1 N–H and O–H groups in total. The zero-order valence-electron chi connectivity index (χ0n) is 13.6. The lowest BCUT2D eigenvalue weighted by molar-refractivity contribution is -0.137. The zero-order valence-corrected chi connectivity index (χ0v) is 13.6. The molecule has 0 aliphatic carbocycles. The summed E-state index contributed by atoms with van der Waals surface area (Å²) in [7, 11) is 0. The fourth-order valence-corrected chi connectivity index (χ4v) is 2.29. The second kappa shape index (κ2) is 7.08. The Hall–Kier alpha value is -2.64. The topological polar surface area (TPSA) is 93.3 Å². The maximum atomic E-state index is 12.6. The minimum absolute atomic E-state index is 0.173. The maximum absolute atomic E-state index is 12.6. The summed E-state index contributed by atoms with van der Waals surface area (Å²) < 4.78 is 3.08. The summed E-state index contributed by atoms with van der Waals surface area (Å²) in [5.74, 6) is -1.17. The molecule has 2 aromatic rings. The maximum Gasteiger partial charge on any atom is 0.325 e. The number of hydrogen-bond donors (Lipinski definition) is 1. The molecular formula is C15H21N5O3. The minimum atomic E-state index is -0.998. The van der Waals surface area contributed by atoms with Crippen LogP contribution in [0.3, 0.4) is 0 Å². The van der Waals surface area contributed by atoms with Crippen molar-refractivity contribution in [2.24, 2.45) is 0 Å². The lowest BCUT2D eigenvalue weighted by atomic mass is 10.2. The van der Waals surface area contributed by atoms with Gasteiger partial charge in [0.15, 0.2) is 0 Å². The molecule has 1 amide bonds. The van der Waals surface area contributed by atoms with Gasteiger partial charge >= 0.3 is 5.97 Å². The Kier molecular flexibility index (Phi) is 5.15. The third kappa shape index (κ3) is 3.97. The fourth-order valence-electron chi connectivity index (χ4n) is 2.29. The average Bonchev–Trinajstić information content (AvgIpc) is 3.10. The van der Waals surface area contributed by atoms with E-state index in [-0.39, 0.29) is 12.5 Å². The van der Waals surface area contributed by atoms with Crippen molar-refractivity contribution >= 4 is 11.9 Å². The van der Waals surface area contributed by atoms with E-state index in [1.807, 2.05) is 31.6 Å². The monoisotopic (exact) mass is 319 g/mol. The molecule has 8 heteroatoms. The van der Waals surface area contributed by atoms with Crippen LogP contribution in [-0.4, -0.2) is 48.0 Å². The van der Waals surface area contributed by atoms with Gasteiger partial charge in [0.25, 0.3) is 5.91 Å². The van der Waals surface area contributed by atoms with Gasteiger partial charge in [0, 0.05) is 37.6 Å². The smallest absolute Gasteiger partial charge is 0.325 e. The number of aliphatic carboxylic acids is 1. The van der Waals surface area contributed by atoms with E-state index in [2.05, 4.69) is 10.2 Å². The van der Waals surface area contributed by atoms with Gasteiger partial charge in [-0.3, -0.25) is 19.0 Å². The highest BCUT2D eigenvalue weighted by atomic mass is 16.4. The molecule has 0 fully saturated rings. The van der Waals surface area contributed by atoms with Gasteiger partial charge in [0.1, 0.15) is 6.54 Å². The van der Waals surface area contributed by atoms with Crippen LogP contribution in [-0.2, 0) is 24.4 Å². The number of carbonyl (C=O) groups is 2. The van der Waals surface area contributed by atoms with Crippen LogP contribution < -0.4 is 0 Å². The fraction of sp³-hybridized carbons (Fsp3) is 0.467. The van der Waals surface area contributed by atoms with Crippen LogP contribution in [0.2, 0.25) is 0 Å². The number of amides is 1. The van der Waals surface area contributed by atoms with E-state index in [1.54, 1.807) is 4.90 Å². The second-order valence-electron chi connectivity index (χ2n) is 5.24. The molecule has 2 rings (SSSR count). The van der Waals surface area contributed by atoms with Crippen molar-refractivity contribution in [2.45, 2.75) is 40.4 Å². The summed E-state index contributed by atoms with van der Waals surface area (Å²) in [6.07, 6.45) is 4.80. The molecule has 0 aliphatic rings. The molecule has 0 saturated carbocycles. The highest BCUT2D eigenvalue weighted by Crippen LogP contribution is 2.12. The van der Waals surface area contributed by atoms with Crippen LogP contribution in [0.4, 0.5) is 0 Å². The number of nitrogens with zero attached hydrogens (tertiary/aromatic N) is 5. The number of carboxylic acid groups (broad SMARTS) is 1. The average molecular weight is 319 g/mol. The first-order chi connectivity index (χ1) is 10.9. The molecular weight excluding hydrogens is 298 g/mol. The van der Waals surface area contributed by atoms with Crippen molar-refractivity contribution in [3.63, 3.8) is 0 Å². The third-order valence-electron chi connectivity index (χ3n) is 3.58. The molecule has 124 valence electrons. The van der Waals surface area contributed by atoms with Crippen LogP contribution >= 0.6 is 0 Å². The quantitative estimate of drug-likeness (QED) is 0.826. The molecule has 8 nitrogen and oxygen atoms in total. The summed E-state index contributed by atoms with van der Waals surface area (Å²) in [6.45, 7) is 7.36. The number of carbonyl (C=O) groups excluding carboxylic acids is 1. The molecule has 0 saturated heterocycles. The van der Waals surface area contributed by atoms with Crippen LogP contribution in [0.1, 0.15) is 35.5 Å². The van der Waals surface area contributed by atoms with E-state index in [9.17, 15) is 9.59 Å². The number of carboxylic acids is 1. The van der Waals surface area contributed by atoms with Gasteiger partial charge in [-0.1, -0.05) is 0 Å². The van der Waals surface area contributed by atoms with Gasteiger partial charge in [-0.05, 0) is 20.8 Å². The minimum Gasteiger partial charge on any atom is -0.480 e. The van der Waals surface area contributed by atoms with E-state index in [0.717, 1.165) is 17.8 Å². The van der Waals surface area contributed by atoms with E-state index >= 15 is 0 Å². The van der Waals surface area contributed by atoms with Crippen molar-refractivity contribution in [3.8, 4) is 0 Å². The zero-order chi connectivity index (χ0) is 17.0. The molecule has 23 heavy (non-hydrogen) atoms. The predicted octanol–water partition coefficient (Wildman–Crippen LogP) is 1.15. The number of rotatable bonds is 7. The number of aryl methyl sites for hydroxylation is 2. The van der Waals surface area contributed by atoms with Crippen LogP contribution in [0, 0.1) is 6.92 Å². The molecule has 0 spiro atoms. The van der Waals surface area contributed by atoms with Gasteiger partial charge < -0.3 is 10.0 Å². The number of aromatic nitrogens is 4. The molecule has 0 radical (unpaired) electrons. The highest BCUT2D eigenvalue weighted by molar-refractivity contribution is 5.93. The first-order valence-corrected chi connectivity index (χ1v) is 7.51. The summed E-state index contributed by atoms with van der Waals surface area (Å²) >= 11 is 0. The van der Waals surface area contributed by atoms with Gasteiger partial charge in [-0.25, -0.2) is 0 Å². The summed E-state index contributed by atoms with van der Waals surface area (Å²) in [4.78, 5) is 24.9. The van der Waals surface area contributed by atoms with E-state index in [4.69, 9.17) is 5.11 Å². The Balaban J connectivity index is 2.13. The summed E-state index contributed by atoms with van der Waals surface area (Å²) in [5.41, 5.74) is 2.29. The Morgan fingerprint density at radius 2 is 2.00 bits per heavy atom. The molecule has 0 aliphatic heterocycles. The van der Waals surface area contributed by atoms with Gasteiger partial charge in [-0.2, -0.15) is 10.2 Å². The largest absolute Gasteiger partial charge is 0.480 e. The Morgan fingerprint density at radius 3 is 2.57 bits per heavy atom. The first kappa shape index (κ1) is 16.7. The van der Waals surface area contributed by atoms with Gasteiger partial charge in [0.2, 0.25) is 0 Å². The molecule has 0 unspecified atom stereocenters. The lowest BCUT2D eigenvalue weighted by Gasteiger charge is -2.19. The standard InChI is InChI=1S/C15H21N5O3/c1-4-18(7-13-9-19(5-2)17-11(13)3)15(23)12-6-16-20(8-12)10-14(21)22/h6,8-9H,4-5,7,10H2,1-3H3,(H,21,22). The summed E-state index contributed by atoms with van der Waals surface area (Å²) in [5, 5.41) is 17.0. The molecule has 0 aromatic carbocycles. The van der Waals surface area contributed by atoms with Gasteiger partial charge in [0.05, 0.1) is 17.5 Å². The van der Waals surface area contributed by atoms with Crippen molar-refractivity contribution < 1.29 is 14.7 Å². The molecule has 2 heterocycles. The normalized spacial score (nSPS) is 10.7. The van der Waals surface area contributed by atoms with Crippen molar-refractivity contribution in [1.82, 2.24) is 24.5 Å². The lowest BCUT2D eigenvalue weighted by Crippen LogP contribution is -2.30. The molecule has 0 atom stereocenters. The van der Waals surface area contributed by atoms with Crippen molar-refractivity contribution in [3.05, 3.63) is 35.4 Å². The Morgan fingerprint density at radius 1 is 1.26 bits per heavy atom. The molecule has 2 aromatic heterocycles.